The molecule has 0 aromatic carbocycles. The number of thiophene rings is 1. The van der Waals surface area contributed by atoms with Crippen LogP contribution in [0.5, 0.6) is 0 Å². The molecule has 3 aliphatic rings. The molecule has 4 nitrogen and oxygen atoms in total. The van der Waals surface area contributed by atoms with Crippen LogP contribution in [0.4, 0.5) is 5.00 Å². The van der Waals surface area contributed by atoms with E-state index in [0.717, 1.165) is 23.4 Å². The number of amides is 1. The molecule has 1 aromatic heterocycles. The maximum Gasteiger partial charge on any atom is 0.249 e. The molecule has 0 saturated carbocycles. The van der Waals surface area contributed by atoms with Crippen molar-refractivity contribution in [2.45, 2.75) is 45.7 Å². The van der Waals surface area contributed by atoms with Gasteiger partial charge in [0.15, 0.2) is 0 Å². The second kappa shape index (κ2) is 4.74. The highest BCUT2D eigenvalue weighted by Gasteiger charge is 2.38. The molecule has 1 aliphatic carbocycles. The van der Waals surface area contributed by atoms with E-state index in [0.29, 0.717) is 0 Å². The predicted molar refractivity (Wildman–Crippen MR) is 83.0 cm³/mol. The van der Waals surface area contributed by atoms with Crippen molar-refractivity contribution >= 4 is 40.6 Å². The molecule has 2 unspecified atom stereocenters. The molecular weight excluding hydrogens is 294 g/mol. The molecular formula is C14H18ClN3OS. The van der Waals surface area contributed by atoms with Crippen LogP contribution in [0, 0.1) is 5.92 Å². The standard InChI is InChI=1S/C14H17N3OS.ClH/c1-7-3-4-11-9(5-7)10-6-17-8(2)12(18)15-14(17)16-13(10)19-11;/h7-8H,3-6H2,1-2H3,(H,15,16,18);1H. The van der Waals surface area contributed by atoms with Crippen molar-refractivity contribution < 1.29 is 4.79 Å². The number of aryl methyl sites for hydroxylation is 1. The van der Waals surface area contributed by atoms with Crippen LogP contribution in [0.3, 0.4) is 0 Å². The van der Waals surface area contributed by atoms with Gasteiger partial charge in [-0.25, -0.2) is 4.99 Å². The Hall–Kier alpha value is -1.07. The molecule has 20 heavy (non-hydrogen) atoms. The number of hydrogen-bond donors (Lipinski definition) is 1. The number of fused-ring (bicyclic) bond motifs is 4. The Morgan fingerprint density at radius 2 is 2.15 bits per heavy atom. The van der Waals surface area contributed by atoms with Gasteiger partial charge in [0.05, 0.1) is 0 Å². The van der Waals surface area contributed by atoms with Crippen molar-refractivity contribution in [1.82, 2.24) is 10.2 Å². The van der Waals surface area contributed by atoms with Gasteiger partial charge in [-0.15, -0.1) is 23.7 Å². The third-order valence-electron chi connectivity index (χ3n) is 4.49. The van der Waals surface area contributed by atoms with Gasteiger partial charge in [-0.3, -0.25) is 10.1 Å². The van der Waals surface area contributed by atoms with Gasteiger partial charge in [0.1, 0.15) is 11.0 Å². The lowest BCUT2D eigenvalue weighted by molar-refractivity contribution is -0.121. The van der Waals surface area contributed by atoms with Crippen LogP contribution in [0.2, 0.25) is 0 Å². The fraction of sp³-hybridized carbons (Fsp3) is 0.571. The molecule has 1 aromatic rings. The lowest BCUT2D eigenvalue weighted by Crippen LogP contribution is -2.35. The average molecular weight is 312 g/mol. The van der Waals surface area contributed by atoms with E-state index >= 15 is 0 Å². The van der Waals surface area contributed by atoms with Crippen molar-refractivity contribution in [3.05, 3.63) is 16.0 Å². The monoisotopic (exact) mass is 311 g/mol. The summed E-state index contributed by atoms with van der Waals surface area (Å²) in [4.78, 5) is 20.0. The second-order valence-electron chi connectivity index (χ2n) is 5.86. The van der Waals surface area contributed by atoms with E-state index in [2.05, 4.69) is 22.1 Å². The van der Waals surface area contributed by atoms with Crippen LogP contribution in [0.15, 0.2) is 4.99 Å². The molecule has 3 heterocycles. The molecule has 108 valence electrons. The molecule has 2 aliphatic heterocycles. The van der Waals surface area contributed by atoms with Gasteiger partial charge >= 0.3 is 0 Å². The summed E-state index contributed by atoms with van der Waals surface area (Å²) >= 11 is 1.83. The lowest BCUT2D eigenvalue weighted by atomic mass is 9.87. The van der Waals surface area contributed by atoms with E-state index in [9.17, 15) is 4.79 Å². The smallest absolute Gasteiger partial charge is 0.249 e. The van der Waals surface area contributed by atoms with Gasteiger partial charge in [0.2, 0.25) is 11.9 Å². The number of rotatable bonds is 0. The largest absolute Gasteiger partial charge is 0.326 e. The van der Waals surface area contributed by atoms with Gasteiger partial charge in [0, 0.05) is 17.0 Å². The van der Waals surface area contributed by atoms with E-state index in [4.69, 9.17) is 0 Å². The third-order valence-corrected chi connectivity index (χ3v) is 5.71. The van der Waals surface area contributed by atoms with E-state index in [1.807, 2.05) is 18.3 Å². The molecule has 0 radical (unpaired) electrons. The van der Waals surface area contributed by atoms with Crippen LogP contribution in [-0.4, -0.2) is 22.8 Å². The van der Waals surface area contributed by atoms with E-state index in [-0.39, 0.29) is 24.4 Å². The van der Waals surface area contributed by atoms with Crippen molar-refractivity contribution in [2.24, 2.45) is 10.9 Å². The maximum absolute atomic E-state index is 11.7. The quantitative estimate of drug-likeness (QED) is 0.800. The zero-order valence-corrected chi connectivity index (χ0v) is 13.2. The average Bonchev–Trinajstić information content (AvgIpc) is 2.86. The normalized spacial score (nSPS) is 27.0. The number of nitrogens with zero attached hydrogens (tertiary/aromatic N) is 2. The summed E-state index contributed by atoms with van der Waals surface area (Å²) in [5, 5.41) is 4.00. The molecule has 0 spiro atoms. The zero-order valence-electron chi connectivity index (χ0n) is 11.6. The lowest BCUT2D eigenvalue weighted by Gasteiger charge is -2.26. The summed E-state index contributed by atoms with van der Waals surface area (Å²) in [5.74, 6) is 1.58. The van der Waals surface area contributed by atoms with E-state index in [1.165, 1.54) is 35.3 Å². The third kappa shape index (κ3) is 1.87. The number of guanidine groups is 1. The molecule has 1 N–H and O–H groups in total. The Balaban J connectivity index is 0.00000121. The Kier molecular flexibility index (Phi) is 3.29. The summed E-state index contributed by atoms with van der Waals surface area (Å²) in [7, 11) is 0. The number of carbonyl (C=O) groups excluding carboxylic acids is 1. The van der Waals surface area contributed by atoms with Crippen LogP contribution in [-0.2, 0) is 24.2 Å². The predicted octanol–water partition coefficient (Wildman–Crippen LogP) is 2.62. The molecule has 6 heteroatoms. The van der Waals surface area contributed by atoms with Crippen molar-refractivity contribution in [3.8, 4) is 0 Å². The first-order chi connectivity index (χ1) is 9.13. The summed E-state index contributed by atoms with van der Waals surface area (Å²) in [6.45, 7) is 5.12. The number of hydrogen-bond acceptors (Lipinski definition) is 4. The highest BCUT2D eigenvalue weighted by Crippen LogP contribution is 2.44. The first kappa shape index (κ1) is 13.9. The van der Waals surface area contributed by atoms with Crippen molar-refractivity contribution in [1.29, 1.82) is 0 Å². The van der Waals surface area contributed by atoms with Gasteiger partial charge in [0.25, 0.3) is 0 Å². The first-order valence-electron chi connectivity index (χ1n) is 6.93. The number of nitrogens with one attached hydrogen (secondary N) is 1. The second-order valence-corrected chi connectivity index (χ2v) is 6.95. The molecule has 1 amide bonds. The molecule has 1 saturated heterocycles. The highest BCUT2D eigenvalue weighted by atomic mass is 35.5. The minimum absolute atomic E-state index is 0. The van der Waals surface area contributed by atoms with Gasteiger partial charge in [-0.2, -0.15) is 0 Å². The zero-order chi connectivity index (χ0) is 13.1. The SMILES string of the molecule is CC1CCc2sc3c(c2C1)CN1C(=N3)NC(=O)C1C.Cl. The summed E-state index contributed by atoms with van der Waals surface area (Å²) in [6, 6.07) is -0.0940. The Morgan fingerprint density at radius 3 is 2.95 bits per heavy atom. The van der Waals surface area contributed by atoms with Gasteiger partial charge in [-0.1, -0.05) is 6.92 Å². The van der Waals surface area contributed by atoms with Gasteiger partial charge in [-0.05, 0) is 37.7 Å². The minimum Gasteiger partial charge on any atom is -0.326 e. The Morgan fingerprint density at radius 1 is 1.35 bits per heavy atom. The topological polar surface area (TPSA) is 44.7 Å². The molecule has 2 atom stereocenters. The van der Waals surface area contributed by atoms with Crippen LogP contribution >= 0.6 is 23.7 Å². The fourth-order valence-electron chi connectivity index (χ4n) is 3.24. The highest BCUT2D eigenvalue weighted by molar-refractivity contribution is 7.16. The van der Waals surface area contributed by atoms with E-state index < -0.39 is 0 Å². The molecule has 4 rings (SSSR count). The molecule has 1 fully saturated rings. The number of carbonyl (C=O) groups is 1. The Labute approximate surface area is 128 Å². The minimum atomic E-state index is -0.0940. The van der Waals surface area contributed by atoms with Crippen LogP contribution in [0.1, 0.15) is 36.3 Å². The molecule has 0 bridgehead atoms. The van der Waals surface area contributed by atoms with Crippen LogP contribution < -0.4 is 5.32 Å². The van der Waals surface area contributed by atoms with Crippen molar-refractivity contribution in [2.75, 3.05) is 0 Å². The Bertz CT molecular complexity index is 610. The fourth-order valence-corrected chi connectivity index (χ4v) is 4.47. The summed E-state index contributed by atoms with van der Waals surface area (Å²) < 4.78 is 0. The van der Waals surface area contributed by atoms with Gasteiger partial charge < -0.3 is 4.90 Å². The summed E-state index contributed by atoms with van der Waals surface area (Å²) in [5.41, 5.74) is 2.90. The first-order valence-corrected chi connectivity index (χ1v) is 7.74. The summed E-state index contributed by atoms with van der Waals surface area (Å²) in [6.07, 6.45) is 3.66. The number of halogens is 1. The van der Waals surface area contributed by atoms with E-state index in [1.54, 1.807) is 0 Å². The maximum atomic E-state index is 11.7. The number of aliphatic imine (C=N–C) groups is 1. The van der Waals surface area contributed by atoms with Crippen molar-refractivity contribution in [3.63, 3.8) is 0 Å². The van der Waals surface area contributed by atoms with Crippen LogP contribution in [0.25, 0.3) is 0 Å².